The molecule has 0 saturated carbocycles. The molecule has 0 unspecified atom stereocenters. The van der Waals surface area contributed by atoms with E-state index in [1.54, 1.807) is 18.2 Å². The molecule has 1 aromatic heterocycles. The summed E-state index contributed by atoms with van der Waals surface area (Å²) in [6.45, 7) is 3.80. The lowest BCUT2D eigenvalue weighted by Crippen LogP contribution is -2.09. The lowest BCUT2D eigenvalue weighted by Gasteiger charge is -2.11. The molecule has 0 amide bonds. The van der Waals surface area contributed by atoms with Crippen LogP contribution in [0.2, 0.25) is 0 Å². The van der Waals surface area contributed by atoms with E-state index in [4.69, 9.17) is 13.9 Å². The summed E-state index contributed by atoms with van der Waals surface area (Å²) in [5.74, 6) is 0.0399. The van der Waals surface area contributed by atoms with Gasteiger partial charge in [-0.15, -0.1) is 0 Å². The highest BCUT2D eigenvalue weighted by molar-refractivity contribution is 9.10. The number of benzene rings is 2. The van der Waals surface area contributed by atoms with Crippen molar-refractivity contribution < 1.29 is 18.7 Å². The van der Waals surface area contributed by atoms with Gasteiger partial charge in [-0.25, -0.2) is 9.59 Å². The molecule has 26 heavy (non-hydrogen) atoms. The molecule has 0 aliphatic heterocycles. The first-order valence-electron chi connectivity index (χ1n) is 7.94. The van der Waals surface area contributed by atoms with E-state index in [-0.39, 0.29) is 6.61 Å². The van der Waals surface area contributed by atoms with Crippen molar-refractivity contribution in [1.29, 1.82) is 0 Å². The molecule has 3 rings (SSSR count). The van der Waals surface area contributed by atoms with Crippen LogP contribution in [-0.2, 0) is 11.3 Å². The lowest BCUT2D eigenvalue weighted by molar-refractivity contribution is 0.0472. The number of hydrogen-bond donors (Lipinski definition) is 0. The van der Waals surface area contributed by atoms with Crippen LogP contribution in [0, 0.1) is 13.8 Å². The van der Waals surface area contributed by atoms with Gasteiger partial charge in [0.25, 0.3) is 0 Å². The summed E-state index contributed by atoms with van der Waals surface area (Å²) in [5, 5.41) is 0.755. The first-order valence-corrected chi connectivity index (χ1v) is 8.73. The number of fused-ring (bicyclic) bond motifs is 1. The van der Waals surface area contributed by atoms with Crippen LogP contribution in [0.5, 0.6) is 5.75 Å². The van der Waals surface area contributed by atoms with Gasteiger partial charge in [-0.05, 0) is 59.1 Å². The van der Waals surface area contributed by atoms with Crippen molar-refractivity contribution in [2.24, 2.45) is 0 Å². The van der Waals surface area contributed by atoms with E-state index in [0.717, 1.165) is 16.5 Å². The molecule has 0 spiro atoms. The molecule has 3 aromatic rings. The highest BCUT2D eigenvalue weighted by atomic mass is 79.9. The second-order valence-electron chi connectivity index (χ2n) is 5.90. The summed E-state index contributed by atoms with van der Waals surface area (Å²) in [6.07, 6.45) is 0. The second kappa shape index (κ2) is 7.33. The Morgan fingerprint density at radius 3 is 2.65 bits per heavy atom. The Morgan fingerprint density at radius 2 is 1.92 bits per heavy atom. The first kappa shape index (κ1) is 18.2. The molecule has 2 aromatic carbocycles. The van der Waals surface area contributed by atoms with Gasteiger partial charge in [0.2, 0.25) is 0 Å². The molecule has 0 bridgehead atoms. The Hall–Kier alpha value is -2.60. The molecule has 0 fully saturated rings. The van der Waals surface area contributed by atoms with Gasteiger partial charge in [-0.3, -0.25) is 0 Å². The molecule has 0 N–H and O–H groups in total. The van der Waals surface area contributed by atoms with E-state index in [0.29, 0.717) is 26.9 Å². The predicted octanol–water partition coefficient (Wildman–Crippen LogP) is 4.54. The van der Waals surface area contributed by atoms with Crippen molar-refractivity contribution in [2.75, 3.05) is 7.11 Å². The first-order chi connectivity index (χ1) is 12.4. The van der Waals surface area contributed by atoms with Crippen molar-refractivity contribution in [3.8, 4) is 5.75 Å². The van der Waals surface area contributed by atoms with E-state index in [2.05, 4.69) is 15.9 Å². The van der Waals surface area contributed by atoms with Crippen LogP contribution >= 0.6 is 15.9 Å². The van der Waals surface area contributed by atoms with Gasteiger partial charge >= 0.3 is 11.6 Å². The van der Waals surface area contributed by atoms with Crippen LogP contribution < -0.4 is 10.4 Å². The standard InChI is InChI=1S/C20H17BrO5/c1-11-4-6-15-13(8-18(22)26-19(15)12(11)2)10-25-20(23)16-9-14(24-3)5-7-17(16)21/h4-9H,10H2,1-3H3. The number of carbonyl (C=O) groups excluding carboxylic acids is 1. The van der Waals surface area contributed by atoms with Crippen molar-refractivity contribution in [3.05, 3.63) is 73.5 Å². The van der Waals surface area contributed by atoms with Crippen LogP contribution in [0.15, 0.2) is 50.1 Å². The predicted molar refractivity (Wildman–Crippen MR) is 102 cm³/mol. The van der Waals surface area contributed by atoms with Gasteiger partial charge in [0, 0.05) is 21.5 Å². The summed E-state index contributed by atoms with van der Waals surface area (Å²) in [7, 11) is 1.53. The summed E-state index contributed by atoms with van der Waals surface area (Å²) in [5.41, 5.74) is 2.92. The molecular formula is C20H17BrO5. The average Bonchev–Trinajstić information content (AvgIpc) is 2.63. The van der Waals surface area contributed by atoms with Gasteiger partial charge in [0.05, 0.1) is 12.7 Å². The van der Waals surface area contributed by atoms with Gasteiger partial charge in [0.1, 0.15) is 17.9 Å². The highest BCUT2D eigenvalue weighted by Crippen LogP contribution is 2.26. The number of carbonyl (C=O) groups is 1. The van der Waals surface area contributed by atoms with E-state index in [1.165, 1.54) is 13.2 Å². The van der Waals surface area contributed by atoms with E-state index in [1.807, 2.05) is 26.0 Å². The fourth-order valence-corrected chi connectivity index (χ4v) is 3.06. The largest absolute Gasteiger partial charge is 0.497 e. The molecule has 134 valence electrons. The Bertz CT molecular complexity index is 1050. The van der Waals surface area contributed by atoms with Crippen molar-refractivity contribution in [2.45, 2.75) is 20.5 Å². The summed E-state index contributed by atoms with van der Waals surface area (Å²) in [6, 6.07) is 10.2. The Balaban J connectivity index is 1.92. The molecule has 0 aliphatic carbocycles. The van der Waals surface area contributed by atoms with E-state index < -0.39 is 11.6 Å². The summed E-state index contributed by atoms with van der Waals surface area (Å²) < 4.78 is 16.5. The van der Waals surface area contributed by atoms with Crippen LogP contribution in [0.1, 0.15) is 27.0 Å². The normalized spacial score (nSPS) is 10.8. The van der Waals surface area contributed by atoms with Gasteiger partial charge in [-0.1, -0.05) is 12.1 Å². The minimum Gasteiger partial charge on any atom is -0.497 e. The third-order valence-electron chi connectivity index (χ3n) is 4.27. The molecule has 6 heteroatoms. The molecular weight excluding hydrogens is 400 g/mol. The van der Waals surface area contributed by atoms with Crippen LogP contribution in [0.25, 0.3) is 11.0 Å². The Kier molecular flexibility index (Phi) is 5.13. The lowest BCUT2D eigenvalue weighted by atomic mass is 10.0. The summed E-state index contributed by atoms with van der Waals surface area (Å²) in [4.78, 5) is 24.3. The fourth-order valence-electron chi connectivity index (χ4n) is 2.65. The third kappa shape index (κ3) is 3.51. The van der Waals surface area contributed by atoms with Gasteiger partial charge in [-0.2, -0.15) is 0 Å². The van der Waals surface area contributed by atoms with Crippen LogP contribution in [0.3, 0.4) is 0 Å². The zero-order valence-corrected chi connectivity index (χ0v) is 16.2. The number of halogens is 1. The topological polar surface area (TPSA) is 65.7 Å². The number of aryl methyl sites for hydroxylation is 2. The number of rotatable bonds is 4. The van der Waals surface area contributed by atoms with Crippen LogP contribution in [0.4, 0.5) is 0 Å². The Morgan fingerprint density at radius 1 is 1.15 bits per heavy atom. The number of esters is 1. The maximum Gasteiger partial charge on any atom is 0.339 e. The summed E-state index contributed by atoms with van der Waals surface area (Å²) >= 11 is 3.33. The van der Waals surface area contributed by atoms with E-state index >= 15 is 0 Å². The van der Waals surface area contributed by atoms with Crippen LogP contribution in [-0.4, -0.2) is 13.1 Å². The van der Waals surface area contributed by atoms with Gasteiger partial charge < -0.3 is 13.9 Å². The van der Waals surface area contributed by atoms with Gasteiger partial charge in [0.15, 0.2) is 0 Å². The SMILES string of the molecule is COc1ccc(Br)c(C(=O)OCc2cc(=O)oc3c(C)c(C)ccc23)c1. The Labute approximate surface area is 158 Å². The molecule has 0 aliphatic rings. The number of ether oxygens (including phenoxy) is 2. The zero-order chi connectivity index (χ0) is 18.8. The fraction of sp³-hybridized carbons (Fsp3) is 0.200. The zero-order valence-electron chi connectivity index (χ0n) is 14.6. The van der Waals surface area contributed by atoms with Crippen molar-refractivity contribution in [1.82, 2.24) is 0 Å². The smallest absolute Gasteiger partial charge is 0.339 e. The maximum absolute atomic E-state index is 12.4. The number of methoxy groups -OCH3 is 1. The van der Waals surface area contributed by atoms with Crippen molar-refractivity contribution >= 4 is 32.9 Å². The minimum absolute atomic E-state index is 0.0346. The molecule has 5 nitrogen and oxygen atoms in total. The monoisotopic (exact) mass is 416 g/mol. The second-order valence-corrected chi connectivity index (χ2v) is 6.75. The highest BCUT2D eigenvalue weighted by Gasteiger charge is 2.15. The quantitative estimate of drug-likeness (QED) is 0.461. The molecule has 1 heterocycles. The minimum atomic E-state index is -0.513. The molecule has 0 radical (unpaired) electrons. The maximum atomic E-state index is 12.4. The third-order valence-corrected chi connectivity index (χ3v) is 4.96. The molecule has 0 atom stereocenters. The number of hydrogen-bond acceptors (Lipinski definition) is 5. The average molecular weight is 417 g/mol. The molecule has 0 saturated heterocycles. The van der Waals surface area contributed by atoms with Crippen molar-refractivity contribution in [3.63, 3.8) is 0 Å². The van der Waals surface area contributed by atoms with E-state index in [9.17, 15) is 9.59 Å².